The largest absolute Gasteiger partial charge is 0.379 e. The Labute approximate surface area is 107 Å². The quantitative estimate of drug-likeness (QED) is 0.511. The van der Waals surface area contributed by atoms with E-state index in [9.17, 15) is 0 Å². The van der Waals surface area contributed by atoms with Crippen molar-refractivity contribution in [3.05, 3.63) is 48.0 Å². The van der Waals surface area contributed by atoms with E-state index in [1.807, 2.05) is 12.1 Å². The second-order valence-corrected chi connectivity index (χ2v) is 4.18. The number of hydrogen-bond donors (Lipinski definition) is 1. The fraction of sp³-hybridized carbons (Fsp3) is 0.250. The first kappa shape index (κ1) is 15.1. The number of thioether (sulfide) groups is 1. The van der Waals surface area contributed by atoms with Crippen LogP contribution in [0.5, 0.6) is 0 Å². The summed E-state index contributed by atoms with van der Waals surface area (Å²) in [6.07, 6.45) is 1.74. The van der Waals surface area contributed by atoms with Gasteiger partial charge in [-0.3, -0.25) is 4.99 Å². The lowest BCUT2D eigenvalue weighted by molar-refractivity contribution is 1.25. The predicted molar refractivity (Wildman–Crippen MR) is 76.4 cm³/mol. The summed E-state index contributed by atoms with van der Waals surface area (Å²) in [6, 6.07) is 8.30. The van der Waals surface area contributed by atoms with E-state index in [4.69, 9.17) is 5.73 Å². The van der Waals surface area contributed by atoms with Gasteiger partial charge in [0.2, 0.25) is 0 Å². The molecule has 88 valence electrons. The van der Waals surface area contributed by atoms with Gasteiger partial charge in [-0.15, -0.1) is 19.0 Å². The fourth-order valence-electron chi connectivity index (χ4n) is 1.12. The first-order valence-electron chi connectivity index (χ1n) is 4.82. The zero-order valence-electron chi connectivity index (χ0n) is 9.35. The number of rotatable bonds is 4. The number of nitrogens with zero attached hydrogens (tertiary/aromatic N) is 1. The number of benzene rings is 1. The normalized spacial score (nSPS) is 10.7. The van der Waals surface area contributed by atoms with Gasteiger partial charge in [-0.25, -0.2) is 0 Å². The van der Waals surface area contributed by atoms with Gasteiger partial charge in [0.25, 0.3) is 0 Å². The molecule has 4 heteroatoms. The molecule has 0 saturated carbocycles. The summed E-state index contributed by atoms with van der Waals surface area (Å²) >= 11 is 1.56. The third-order valence-corrected chi connectivity index (χ3v) is 2.89. The average Bonchev–Trinajstić information content (AvgIpc) is 2.25. The van der Waals surface area contributed by atoms with Crippen molar-refractivity contribution in [2.75, 3.05) is 6.54 Å². The van der Waals surface area contributed by atoms with Crippen LogP contribution in [0.3, 0.4) is 0 Å². The average molecular weight is 257 g/mol. The topological polar surface area (TPSA) is 38.4 Å². The SMILES string of the molecule is C=CCN=C(N)SCc1ccccc1C.Cl. The minimum absolute atomic E-state index is 0. The molecule has 1 aromatic carbocycles. The van der Waals surface area contributed by atoms with Gasteiger partial charge in [0.05, 0.1) is 6.54 Å². The molecule has 0 unspecified atom stereocenters. The molecule has 2 N–H and O–H groups in total. The molecule has 1 rings (SSSR count). The number of nitrogens with two attached hydrogens (primary N) is 1. The van der Waals surface area contributed by atoms with Gasteiger partial charge in [-0.05, 0) is 18.1 Å². The monoisotopic (exact) mass is 256 g/mol. The second kappa shape index (κ2) is 8.25. The lowest BCUT2D eigenvalue weighted by atomic mass is 10.1. The number of aryl methyl sites for hydroxylation is 1. The fourth-order valence-corrected chi connectivity index (χ4v) is 1.92. The zero-order valence-corrected chi connectivity index (χ0v) is 11.0. The van der Waals surface area contributed by atoms with Crippen LogP contribution in [-0.4, -0.2) is 11.7 Å². The summed E-state index contributed by atoms with van der Waals surface area (Å²) in [7, 11) is 0. The number of aliphatic imine (C=N–C) groups is 1. The Bertz CT molecular complexity index is 364. The summed E-state index contributed by atoms with van der Waals surface area (Å²) in [6.45, 7) is 6.29. The molecule has 0 aliphatic carbocycles. The molecule has 16 heavy (non-hydrogen) atoms. The molecule has 0 aromatic heterocycles. The van der Waals surface area contributed by atoms with E-state index in [-0.39, 0.29) is 12.4 Å². The van der Waals surface area contributed by atoms with E-state index in [1.54, 1.807) is 17.8 Å². The van der Waals surface area contributed by atoms with Crippen molar-refractivity contribution in [3.8, 4) is 0 Å². The second-order valence-electron chi connectivity index (χ2n) is 3.18. The summed E-state index contributed by atoms with van der Waals surface area (Å²) in [5.41, 5.74) is 8.32. The Morgan fingerprint density at radius 2 is 2.19 bits per heavy atom. The molecule has 0 heterocycles. The van der Waals surface area contributed by atoms with Crippen LogP contribution in [0.15, 0.2) is 41.9 Å². The van der Waals surface area contributed by atoms with E-state index in [0.717, 1.165) is 5.75 Å². The minimum Gasteiger partial charge on any atom is -0.379 e. The molecule has 2 nitrogen and oxygen atoms in total. The van der Waals surface area contributed by atoms with Crippen LogP contribution in [0.25, 0.3) is 0 Å². The summed E-state index contributed by atoms with van der Waals surface area (Å²) in [5, 5.41) is 0.623. The van der Waals surface area contributed by atoms with E-state index in [2.05, 4.69) is 30.6 Å². The van der Waals surface area contributed by atoms with Crippen LogP contribution < -0.4 is 5.73 Å². The summed E-state index contributed by atoms with van der Waals surface area (Å²) < 4.78 is 0. The lowest BCUT2D eigenvalue weighted by Gasteiger charge is -2.04. The predicted octanol–water partition coefficient (Wildman–Crippen LogP) is 3.15. The lowest BCUT2D eigenvalue weighted by Crippen LogP contribution is -2.07. The third kappa shape index (κ3) is 5.24. The smallest absolute Gasteiger partial charge is 0.154 e. The molecular weight excluding hydrogens is 240 g/mol. The maximum absolute atomic E-state index is 5.72. The molecule has 0 atom stereocenters. The van der Waals surface area contributed by atoms with Gasteiger partial charge in [0.15, 0.2) is 5.17 Å². The van der Waals surface area contributed by atoms with E-state index >= 15 is 0 Å². The standard InChI is InChI=1S/C12H16N2S.ClH/c1-3-8-14-12(13)15-9-11-7-5-4-6-10(11)2;/h3-7H,1,8-9H2,2H3,(H2,13,14);1H. The maximum Gasteiger partial charge on any atom is 0.154 e. The highest BCUT2D eigenvalue weighted by Crippen LogP contribution is 2.15. The molecule has 0 radical (unpaired) electrons. The van der Waals surface area contributed by atoms with Crippen LogP contribution >= 0.6 is 24.2 Å². The summed E-state index contributed by atoms with van der Waals surface area (Å²) in [4.78, 5) is 4.13. The highest BCUT2D eigenvalue weighted by Gasteiger charge is 1.98. The highest BCUT2D eigenvalue weighted by molar-refractivity contribution is 8.13. The number of amidine groups is 1. The Morgan fingerprint density at radius 3 is 2.81 bits per heavy atom. The van der Waals surface area contributed by atoms with Crippen LogP contribution in [0.2, 0.25) is 0 Å². The number of halogens is 1. The first-order chi connectivity index (χ1) is 7.24. The Morgan fingerprint density at radius 1 is 1.50 bits per heavy atom. The number of hydrogen-bond acceptors (Lipinski definition) is 2. The van der Waals surface area contributed by atoms with Gasteiger partial charge in [0.1, 0.15) is 0 Å². The van der Waals surface area contributed by atoms with Crippen LogP contribution in [-0.2, 0) is 5.75 Å². The van der Waals surface area contributed by atoms with Gasteiger partial charge < -0.3 is 5.73 Å². The third-order valence-electron chi connectivity index (χ3n) is 2.01. The van der Waals surface area contributed by atoms with Crippen molar-refractivity contribution in [3.63, 3.8) is 0 Å². The van der Waals surface area contributed by atoms with Gasteiger partial charge in [-0.2, -0.15) is 0 Å². The first-order valence-corrected chi connectivity index (χ1v) is 5.80. The highest BCUT2D eigenvalue weighted by atomic mass is 35.5. The van der Waals surface area contributed by atoms with Crippen LogP contribution in [0.4, 0.5) is 0 Å². The van der Waals surface area contributed by atoms with Gasteiger partial charge in [-0.1, -0.05) is 42.1 Å². The van der Waals surface area contributed by atoms with Gasteiger partial charge in [0, 0.05) is 5.75 Å². The molecule has 0 fully saturated rings. The Hall–Kier alpha value is -0.930. The van der Waals surface area contributed by atoms with Crippen molar-refractivity contribution in [2.45, 2.75) is 12.7 Å². The molecule has 0 saturated heterocycles. The molecule has 1 aromatic rings. The molecular formula is C12H17ClN2S. The molecule has 0 amide bonds. The Kier molecular flexibility index (Phi) is 7.77. The van der Waals surface area contributed by atoms with Crippen LogP contribution in [0, 0.1) is 6.92 Å². The Balaban J connectivity index is 0.00000225. The zero-order chi connectivity index (χ0) is 11.1. The van der Waals surface area contributed by atoms with E-state index in [1.165, 1.54) is 11.1 Å². The van der Waals surface area contributed by atoms with Crippen molar-refractivity contribution in [1.29, 1.82) is 0 Å². The summed E-state index contributed by atoms with van der Waals surface area (Å²) in [5.74, 6) is 0.874. The molecule has 0 aliphatic rings. The van der Waals surface area contributed by atoms with Crippen molar-refractivity contribution >= 4 is 29.3 Å². The van der Waals surface area contributed by atoms with E-state index in [0.29, 0.717) is 11.7 Å². The van der Waals surface area contributed by atoms with Crippen LogP contribution in [0.1, 0.15) is 11.1 Å². The minimum atomic E-state index is 0. The van der Waals surface area contributed by atoms with Gasteiger partial charge >= 0.3 is 0 Å². The van der Waals surface area contributed by atoms with Crippen molar-refractivity contribution < 1.29 is 0 Å². The van der Waals surface area contributed by atoms with Crippen molar-refractivity contribution in [2.24, 2.45) is 10.7 Å². The maximum atomic E-state index is 5.72. The molecule has 0 spiro atoms. The molecule has 0 bridgehead atoms. The van der Waals surface area contributed by atoms with E-state index < -0.39 is 0 Å². The van der Waals surface area contributed by atoms with Crippen molar-refractivity contribution in [1.82, 2.24) is 0 Å². The molecule has 0 aliphatic heterocycles.